The van der Waals surface area contributed by atoms with Crippen LogP contribution in [0.4, 0.5) is 0 Å². The van der Waals surface area contributed by atoms with Crippen molar-refractivity contribution in [2.24, 2.45) is 5.73 Å². The number of rotatable bonds is 8. The van der Waals surface area contributed by atoms with Gasteiger partial charge in [0, 0.05) is 18.2 Å². The predicted molar refractivity (Wildman–Crippen MR) is 86.2 cm³/mol. The predicted octanol–water partition coefficient (Wildman–Crippen LogP) is 2.13. The van der Waals surface area contributed by atoms with Crippen LogP contribution in [0.1, 0.15) is 26.7 Å². The summed E-state index contributed by atoms with van der Waals surface area (Å²) in [6, 6.07) is 7.14. The van der Waals surface area contributed by atoms with Crippen molar-refractivity contribution in [1.29, 1.82) is 0 Å². The average Bonchev–Trinajstić information content (AvgIpc) is 2.50. The standard InChI is InChI=1S/C15H24N2O3.ClH/c1-4-15(16,5-2)11-17-14(18)10-20-13-8-6-7-12(9-13)19-3;/h6-9H,4-5,10-11,16H2,1-3H3,(H,17,18);1H. The van der Waals surface area contributed by atoms with Crippen molar-refractivity contribution in [2.45, 2.75) is 32.2 Å². The van der Waals surface area contributed by atoms with Gasteiger partial charge in [-0.2, -0.15) is 0 Å². The molecule has 0 unspecified atom stereocenters. The lowest BCUT2D eigenvalue weighted by molar-refractivity contribution is -0.123. The monoisotopic (exact) mass is 316 g/mol. The number of hydrogen-bond acceptors (Lipinski definition) is 4. The van der Waals surface area contributed by atoms with Crippen molar-refractivity contribution < 1.29 is 14.3 Å². The minimum Gasteiger partial charge on any atom is -0.497 e. The van der Waals surface area contributed by atoms with Crippen LogP contribution in [0.3, 0.4) is 0 Å². The molecule has 3 N–H and O–H groups in total. The van der Waals surface area contributed by atoms with Gasteiger partial charge < -0.3 is 20.5 Å². The molecule has 0 aliphatic rings. The van der Waals surface area contributed by atoms with E-state index in [1.54, 1.807) is 19.2 Å². The van der Waals surface area contributed by atoms with E-state index >= 15 is 0 Å². The quantitative estimate of drug-likeness (QED) is 0.770. The molecule has 120 valence electrons. The summed E-state index contributed by atoms with van der Waals surface area (Å²) in [5.74, 6) is 1.12. The Kier molecular flexibility index (Phi) is 8.81. The number of nitrogens with two attached hydrogens (primary N) is 1. The Balaban J connectivity index is 0.00000400. The van der Waals surface area contributed by atoms with Gasteiger partial charge in [-0.05, 0) is 25.0 Å². The summed E-state index contributed by atoms with van der Waals surface area (Å²) in [6.45, 7) is 4.46. The molecule has 21 heavy (non-hydrogen) atoms. The molecule has 0 saturated heterocycles. The first-order valence-electron chi connectivity index (χ1n) is 6.85. The second-order valence-electron chi connectivity index (χ2n) is 4.81. The van der Waals surface area contributed by atoms with Crippen LogP contribution in [0.2, 0.25) is 0 Å². The Morgan fingerprint density at radius 1 is 1.29 bits per heavy atom. The molecule has 0 fully saturated rings. The van der Waals surface area contributed by atoms with Gasteiger partial charge in [0.15, 0.2) is 6.61 Å². The Bertz CT molecular complexity index is 437. The molecule has 0 heterocycles. The van der Waals surface area contributed by atoms with E-state index in [2.05, 4.69) is 5.32 Å². The zero-order valence-electron chi connectivity index (χ0n) is 12.8. The number of nitrogens with one attached hydrogen (secondary N) is 1. The highest BCUT2D eigenvalue weighted by Gasteiger charge is 2.20. The van der Waals surface area contributed by atoms with Gasteiger partial charge in [0.25, 0.3) is 5.91 Å². The third-order valence-electron chi connectivity index (χ3n) is 3.46. The van der Waals surface area contributed by atoms with Crippen LogP contribution in [0.5, 0.6) is 11.5 Å². The second-order valence-corrected chi connectivity index (χ2v) is 4.81. The molecule has 0 aromatic heterocycles. The zero-order chi connectivity index (χ0) is 15.0. The van der Waals surface area contributed by atoms with E-state index in [9.17, 15) is 4.79 Å². The van der Waals surface area contributed by atoms with E-state index in [4.69, 9.17) is 15.2 Å². The number of benzene rings is 1. The molecule has 0 saturated carbocycles. The lowest BCUT2D eigenvalue weighted by atomic mass is 9.94. The summed E-state index contributed by atoms with van der Waals surface area (Å²) in [6.07, 6.45) is 1.64. The Labute approximate surface area is 132 Å². The summed E-state index contributed by atoms with van der Waals surface area (Å²) < 4.78 is 10.5. The van der Waals surface area contributed by atoms with Gasteiger partial charge in [-0.25, -0.2) is 0 Å². The molecule has 0 atom stereocenters. The zero-order valence-corrected chi connectivity index (χ0v) is 13.7. The molecule has 1 rings (SSSR count). The molecule has 1 aromatic rings. The fraction of sp³-hybridized carbons (Fsp3) is 0.533. The second kappa shape index (κ2) is 9.47. The maximum absolute atomic E-state index is 11.7. The highest BCUT2D eigenvalue weighted by Crippen LogP contribution is 2.18. The molecule has 0 aliphatic carbocycles. The van der Waals surface area contributed by atoms with E-state index in [1.165, 1.54) is 0 Å². The highest BCUT2D eigenvalue weighted by molar-refractivity contribution is 5.85. The Hall–Kier alpha value is -1.46. The average molecular weight is 317 g/mol. The Morgan fingerprint density at radius 3 is 2.48 bits per heavy atom. The van der Waals surface area contributed by atoms with Gasteiger partial charge in [-0.15, -0.1) is 12.4 Å². The van der Waals surface area contributed by atoms with Crippen LogP contribution in [-0.4, -0.2) is 31.7 Å². The maximum atomic E-state index is 11.7. The number of amides is 1. The first-order chi connectivity index (χ1) is 9.53. The number of halogens is 1. The number of hydrogen-bond donors (Lipinski definition) is 2. The number of ether oxygens (including phenoxy) is 2. The van der Waals surface area contributed by atoms with Crippen LogP contribution < -0.4 is 20.5 Å². The van der Waals surface area contributed by atoms with E-state index in [0.29, 0.717) is 18.0 Å². The summed E-state index contributed by atoms with van der Waals surface area (Å²) >= 11 is 0. The summed E-state index contributed by atoms with van der Waals surface area (Å²) in [5, 5.41) is 2.80. The van der Waals surface area contributed by atoms with Gasteiger partial charge in [0.05, 0.1) is 7.11 Å². The Morgan fingerprint density at radius 2 is 1.90 bits per heavy atom. The van der Waals surface area contributed by atoms with Crippen LogP contribution in [-0.2, 0) is 4.79 Å². The fourth-order valence-electron chi connectivity index (χ4n) is 1.67. The molecule has 5 nitrogen and oxygen atoms in total. The summed E-state index contributed by atoms with van der Waals surface area (Å²) in [5.41, 5.74) is 5.78. The van der Waals surface area contributed by atoms with Gasteiger partial charge >= 0.3 is 0 Å². The van der Waals surface area contributed by atoms with E-state index in [1.807, 2.05) is 26.0 Å². The number of methoxy groups -OCH3 is 1. The van der Waals surface area contributed by atoms with Gasteiger partial charge in [-0.3, -0.25) is 4.79 Å². The minimum absolute atomic E-state index is 0. The number of carbonyl (C=O) groups excluding carboxylic acids is 1. The largest absolute Gasteiger partial charge is 0.497 e. The van der Waals surface area contributed by atoms with Gasteiger partial charge in [-0.1, -0.05) is 19.9 Å². The van der Waals surface area contributed by atoms with Crippen molar-refractivity contribution >= 4 is 18.3 Å². The van der Waals surface area contributed by atoms with Gasteiger partial charge in [0.2, 0.25) is 0 Å². The first kappa shape index (κ1) is 19.5. The van der Waals surface area contributed by atoms with E-state index in [0.717, 1.165) is 12.8 Å². The van der Waals surface area contributed by atoms with Crippen LogP contribution in [0.15, 0.2) is 24.3 Å². The normalized spacial score (nSPS) is 10.5. The van der Waals surface area contributed by atoms with E-state index < -0.39 is 0 Å². The lowest BCUT2D eigenvalue weighted by Gasteiger charge is -2.26. The van der Waals surface area contributed by atoms with E-state index in [-0.39, 0.29) is 30.5 Å². The lowest BCUT2D eigenvalue weighted by Crippen LogP contribution is -2.50. The topological polar surface area (TPSA) is 73.6 Å². The van der Waals surface area contributed by atoms with Crippen molar-refractivity contribution in [3.8, 4) is 11.5 Å². The highest BCUT2D eigenvalue weighted by atomic mass is 35.5. The molecule has 1 amide bonds. The molecule has 1 aromatic carbocycles. The van der Waals surface area contributed by atoms with Crippen molar-refractivity contribution in [2.75, 3.05) is 20.3 Å². The molecular formula is C15H25ClN2O3. The molecule has 0 spiro atoms. The third-order valence-corrected chi connectivity index (χ3v) is 3.46. The first-order valence-corrected chi connectivity index (χ1v) is 6.85. The maximum Gasteiger partial charge on any atom is 0.258 e. The van der Waals surface area contributed by atoms with Crippen LogP contribution >= 0.6 is 12.4 Å². The SMILES string of the molecule is CCC(N)(CC)CNC(=O)COc1cccc(OC)c1.Cl. The summed E-state index contributed by atoms with van der Waals surface area (Å²) in [4.78, 5) is 11.7. The third kappa shape index (κ3) is 6.69. The molecule has 0 aliphatic heterocycles. The van der Waals surface area contributed by atoms with Crippen molar-refractivity contribution in [3.63, 3.8) is 0 Å². The van der Waals surface area contributed by atoms with Crippen molar-refractivity contribution in [3.05, 3.63) is 24.3 Å². The molecule has 0 radical (unpaired) electrons. The van der Waals surface area contributed by atoms with Crippen molar-refractivity contribution in [1.82, 2.24) is 5.32 Å². The summed E-state index contributed by atoms with van der Waals surface area (Å²) in [7, 11) is 1.59. The smallest absolute Gasteiger partial charge is 0.258 e. The molecule has 0 bridgehead atoms. The molecular weight excluding hydrogens is 292 g/mol. The van der Waals surface area contributed by atoms with Gasteiger partial charge in [0.1, 0.15) is 11.5 Å². The van der Waals surface area contributed by atoms with Crippen LogP contribution in [0.25, 0.3) is 0 Å². The number of carbonyl (C=O) groups is 1. The minimum atomic E-state index is -0.342. The molecule has 6 heteroatoms. The fourth-order valence-corrected chi connectivity index (χ4v) is 1.67. The van der Waals surface area contributed by atoms with Crippen LogP contribution in [0, 0.1) is 0 Å².